The smallest absolute Gasteiger partial charge is 0.344 e. The Morgan fingerprint density at radius 2 is 2.40 bits per heavy atom. The highest BCUT2D eigenvalue weighted by molar-refractivity contribution is 7.98. The highest BCUT2D eigenvalue weighted by atomic mass is 32.2. The first-order chi connectivity index (χ1) is 12.2. The van der Waals surface area contributed by atoms with Crippen LogP contribution in [-0.2, 0) is 17.0 Å². The summed E-state index contributed by atoms with van der Waals surface area (Å²) in [6, 6.07) is 3.86. The van der Waals surface area contributed by atoms with Crippen molar-refractivity contribution in [1.82, 2.24) is 19.7 Å². The van der Waals surface area contributed by atoms with E-state index in [9.17, 15) is 4.79 Å². The first kappa shape index (κ1) is 16.6. The van der Waals surface area contributed by atoms with Gasteiger partial charge < -0.3 is 9.15 Å². The Balaban J connectivity index is 1.43. The molecular weight excluding hydrogens is 360 g/mol. The second kappa shape index (κ2) is 7.19. The summed E-state index contributed by atoms with van der Waals surface area (Å²) in [7, 11) is 0. The first-order valence-electron chi connectivity index (χ1n) is 8.10. The van der Waals surface area contributed by atoms with E-state index in [0.717, 1.165) is 41.7 Å². The predicted octanol–water partition coefficient (Wildman–Crippen LogP) is 3.07. The molecule has 0 aliphatic carbocycles. The molecule has 1 unspecified atom stereocenters. The normalized spacial score (nSPS) is 17.4. The third-order valence-electron chi connectivity index (χ3n) is 3.99. The van der Waals surface area contributed by atoms with Gasteiger partial charge in [0.1, 0.15) is 5.76 Å². The molecule has 1 fully saturated rings. The fraction of sp³-hybridized carbons (Fsp3) is 0.438. The molecule has 0 amide bonds. The van der Waals surface area contributed by atoms with Crippen molar-refractivity contribution >= 4 is 23.1 Å². The van der Waals surface area contributed by atoms with Crippen LogP contribution >= 0.6 is 23.1 Å². The van der Waals surface area contributed by atoms with Gasteiger partial charge in [-0.1, -0.05) is 11.8 Å². The molecule has 0 spiro atoms. The maximum Gasteiger partial charge on any atom is 0.344 e. The largest absolute Gasteiger partial charge is 0.459 e. The van der Waals surface area contributed by atoms with Crippen molar-refractivity contribution in [3.63, 3.8) is 0 Å². The number of aryl methyl sites for hydroxylation is 1. The maximum atomic E-state index is 12.0. The van der Waals surface area contributed by atoms with Crippen LogP contribution in [0.3, 0.4) is 0 Å². The Morgan fingerprint density at radius 3 is 3.16 bits per heavy atom. The quantitative estimate of drug-likeness (QED) is 0.664. The second-order valence-corrected chi connectivity index (χ2v) is 7.70. The number of hydrogen-bond acceptors (Lipinski definition) is 7. The van der Waals surface area contributed by atoms with Gasteiger partial charge in [-0.15, -0.1) is 16.4 Å². The topological polar surface area (TPSA) is 85.9 Å². The van der Waals surface area contributed by atoms with E-state index in [0.29, 0.717) is 17.5 Å². The summed E-state index contributed by atoms with van der Waals surface area (Å²) in [6.45, 7) is 3.23. The Hall–Kier alpha value is -1.84. The lowest BCUT2D eigenvalue weighted by atomic mass is 10.2. The van der Waals surface area contributed by atoms with E-state index in [2.05, 4.69) is 15.2 Å². The first-order valence-corrected chi connectivity index (χ1v) is 9.96. The predicted molar refractivity (Wildman–Crippen MR) is 95.9 cm³/mol. The molecule has 1 N–H and O–H groups in total. The molecule has 1 aliphatic rings. The van der Waals surface area contributed by atoms with Crippen LogP contribution in [0.1, 0.15) is 24.3 Å². The molecule has 3 aromatic heterocycles. The van der Waals surface area contributed by atoms with Crippen molar-refractivity contribution in [1.29, 1.82) is 0 Å². The number of ether oxygens (including phenoxy) is 1. The molecule has 0 bridgehead atoms. The van der Waals surface area contributed by atoms with Gasteiger partial charge in [0, 0.05) is 17.7 Å². The van der Waals surface area contributed by atoms with Gasteiger partial charge in [0.05, 0.1) is 18.3 Å². The zero-order valence-corrected chi connectivity index (χ0v) is 15.4. The van der Waals surface area contributed by atoms with Gasteiger partial charge in [0.25, 0.3) is 0 Å². The summed E-state index contributed by atoms with van der Waals surface area (Å²) in [5, 5.41) is 10.2. The van der Waals surface area contributed by atoms with Gasteiger partial charge >= 0.3 is 5.69 Å². The van der Waals surface area contributed by atoms with Crippen LogP contribution in [0, 0.1) is 6.92 Å². The van der Waals surface area contributed by atoms with Crippen molar-refractivity contribution < 1.29 is 9.15 Å². The van der Waals surface area contributed by atoms with Gasteiger partial charge in [-0.05, 0) is 31.9 Å². The molecule has 1 atom stereocenters. The van der Waals surface area contributed by atoms with Gasteiger partial charge in [-0.3, -0.25) is 4.57 Å². The minimum atomic E-state index is -0.192. The fourth-order valence-electron chi connectivity index (χ4n) is 2.74. The molecular formula is C16H18N4O3S2. The summed E-state index contributed by atoms with van der Waals surface area (Å²) < 4.78 is 12.9. The molecule has 0 aromatic carbocycles. The lowest BCUT2D eigenvalue weighted by Gasteiger charge is -2.10. The lowest BCUT2D eigenvalue weighted by molar-refractivity contribution is 0.0941. The van der Waals surface area contributed by atoms with Crippen molar-refractivity contribution in [2.24, 2.45) is 0 Å². The molecule has 3 aromatic rings. The summed E-state index contributed by atoms with van der Waals surface area (Å²) in [6.07, 6.45) is 2.13. The average Bonchev–Trinajstić information content (AvgIpc) is 3.36. The van der Waals surface area contributed by atoms with Crippen molar-refractivity contribution in [3.8, 4) is 10.8 Å². The third kappa shape index (κ3) is 3.73. The minimum Gasteiger partial charge on any atom is -0.459 e. The molecule has 0 radical (unpaired) electrons. The highest BCUT2D eigenvalue weighted by Crippen LogP contribution is 2.28. The molecule has 7 nitrogen and oxygen atoms in total. The molecule has 4 heterocycles. The fourth-order valence-corrected chi connectivity index (χ4v) is 4.47. The summed E-state index contributed by atoms with van der Waals surface area (Å²) >= 11 is 3.05. The van der Waals surface area contributed by atoms with Gasteiger partial charge in [0.15, 0.2) is 15.9 Å². The van der Waals surface area contributed by atoms with E-state index < -0.39 is 0 Å². The van der Waals surface area contributed by atoms with E-state index >= 15 is 0 Å². The van der Waals surface area contributed by atoms with Crippen LogP contribution in [0.4, 0.5) is 0 Å². The van der Waals surface area contributed by atoms with Crippen LogP contribution in [0.2, 0.25) is 0 Å². The SMILES string of the molecule is Cc1ccc(-c2nc(CSc3n[nH]c(=O)n3CC3CCCO3)cs2)o1. The number of thiazole rings is 1. The number of aromatic nitrogens is 4. The number of aromatic amines is 1. The number of thioether (sulfide) groups is 1. The van der Waals surface area contributed by atoms with Crippen LogP contribution in [0.15, 0.2) is 31.9 Å². The number of rotatable bonds is 6. The Morgan fingerprint density at radius 1 is 1.48 bits per heavy atom. The zero-order valence-electron chi connectivity index (χ0n) is 13.7. The lowest BCUT2D eigenvalue weighted by Crippen LogP contribution is -2.24. The van der Waals surface area contributed by atoms with Gasteiger partial charge in [-0.25, -0.2) is 14.9 Å². The summed E-state index contributed by atoms with van der Waals surface area (Å²) in [5.74, 6) is 2.30. The Kier molecular flexibility index (Phi) is 4.78. The molecule has 25 heavy (non-hydrogen) atoms. The highest BCUT2D eigenvalue weighted by Gasteiger charge is 2.20. The molecule has 0 saturated carbocycles. The monoisotopic (exact) mass is 378 g/mol. The summed E-state index contributed by atoms with van der Waals surface area (Å²) in [5.41, 5.74) is 0.751. The van der Waals surface area contributed by atoms with E-state index in [1.807, 2.05) is 24.4 Å². The number of H-pyrrole nitrogens is 1. The minimum absolute atomic E-state index is 0.0997. The van der Waals surface area contributed by atoms with Crippen molar-refractivity contribution in [2.45, 2.75) is 43.3 Å². The van der Waals surface area contributed by atoms with Crippen LogP contribution in [-0.4, -0.2) is 32.5 Å². The molecule has 4 rings (SSSR count). The standard InChI is InChI=1S/C16H18N4O3S2/c1-10-4-5-13(23-10)14-17-11(8-24-14)9-25-16-19-18-15(21)20(16)7-12-3-2-6-22-12/h4-5,8,12H,2-3,6-7,9H2,1H3,(H,18,21). The van der Waals surface area contributed by atoms with Crippen molar-refractivity contribution in [2.75, 3.05) is 6.61 Å². The van der Waals surface area contributed by atoms with Gasteiger partial charge in [-0.2, -0.15) is 0 Å². The number of nitrogens with one attached hydrogen (secondary N) is 1. The molecule has 1 aliphatic heterocycles. The Bertz CT molecular complexity index is 905. The van der Waals surface area contributed by atoms with Crippen LogP contribution < -0.4 is 5.69 Å². The van der Waals surface area contributed by atoms with Crippen LogP contribution in [0.25, 0.3) is 10.8 Å². The number of furan rings is 1. The van der Waals surface area contributed by atoms with Crippen molar-refractivity contribution in [3.05, 3.63) is 39.5 Å². The number of hydrogen-bond donors (Lipinski definition) is 1. The van der Waals surface area contributed by atoms with E-state index in [1.54, 1.807) is 15.9 Å². The molecule has 132 valence electrons. The zero-order chi connectivity index (χ0) is 17.2. The molecule has 9 heteroatoms. The number of nitrogens with zero attached hydrogens (tertiary/aromatic N) is 3. The van der Waals surface area contributed by atoms with E-state index in [1.165, 1.54) is 11.8 Å². The molecule has 1 saturated heterocycles. The second-order valence-electron chi connectivity index (χ2n) is 5.90. The van der Waals surface area contributed by atoms with E-state index in [-0.39, 0.29) is 11.8 Å². The van der Waals surface area contributed by atoms with Crippen LogP contribution in [0.5, 0.6) is 0 Å². The maximum absolute atomic E-state index is 12.0. The average molecular weight is 378 g/mol. The Labute approximate surface area is 152 Å². The van der Waals surface area contributed by atoms with Gasteiger partial charge in [0.2, 0.25) is 0 Å². The summed E-state index contributed by atoms with van der Waals surface area (Å²) in [4.78, 5) is 16.6. The third-order valence-corrected chi connectivity index (χ3v) is 5.90. The van der Waals surface area contributed by atoms with E-state index in [4.69, 9.17) is 9.15 Å².